The van der Waals surface area contributed by atoms with Crippen LogP contribution in [0.1, 0.15) is 32.1 Å². The van der Waals surface area contributed by atoms with Crippen LogP contribution in [0.4, 0.5) is 14.7 Å². The minimum absolute atomic E-state index is 0.103. The predicted molar refractivity (Wildman–Crippen MR) is 76.9 cm³/mol. The van der Waals surface area contributed by atoms with E-state index in [4.69, 9.17) is 10.5 Å². The Morgan fingerprint density at radius 3 is 2.76 bits per heavy atom. The summed E-state index contributed by atoms with van der Waals surface area (Å²) in [4.78, 5) is 3.96. The van der Waals surface area contributed by atoms with Gasteiger partial charge in [-0.15, -0.1) is 0 Å². The normalized spacial score (nSPS) is 16.7. The number of nitrogens with two attached hydrogens (primary N) is 1. The first kappa shape index (κ1) is 14.3. The fourth-order valence-electron chi connectivity index (χ4n) is 2.94. The Labute approximate surface area is 121 Å². The molecule has 6 heteroatoms. The number of ether oxygens (including phenoxy) is 1. The number of aromatic nitrogens is 2. The van der Waals surface area contributed by atoms with Crippen molar-refractivity contribution in [2.75, 3.05) is 12.3 Å². The van der Waals surface area contributed by atoms with Crippen LogP contribution in [0, 0.1) is 11.6 Å². The fourth-order valence-corrected chi connectivity index (χ4v) is 2.94. The molecule has 2 N–H and O–H groups in total. The summed E-state index contributed by atoms with van der Waals surface area (Å²) < 4.78 is 34.4. The van der Waals surface area contributed by atoms with Gasteiger partial charge in [0.25, 0.3) is 0 Å². The average molecular weight is 295 g/mol. The van der Waals surface area contributed by atoms with E-state index in [1.807, 2.05) is 0 Å². The summed E-state index contributed by atoms with van der Waals surface area (Å²) in [5, 5.41) is 0. The Hall–Kier alpha value is -1.69. The summed E-state index contributed by atoms with van der Waals surface area (Å²) >= 11 is 0. The topological polar surface area (TPSA) is 53.1 Å². The van der Waals surface area contributed by atoms with Crippen molar-refractivity contribution in [3.05, 3.63) is 23.8 Å². The van der Waals surface area contributed by atoms with Crippen LogP contribution in [0.3, 0.4) is 0 Å². The second-order valence-electron chi connectivity index (χ2n) is 5.51. The van der Waals surface area contributed by atoms with Crippen molar-refractivity contribution in [3.63, 3.8) is 0 Å². The van der Waals surface area contributed by atoms with Gasteiger partial charge in [-0.2, -0.15) is 0 Å². The quantitative estimate of drug-likeness (QED) is 0.942. The molecule has 0 atom stereocenters. The van der Waals surface area contributed by atoms with Gasteiger partial charge in [0.2, 0.25) is 5.95 Å². The molecule has 0 saturated heterocycles. The maximum atomic E-state index is 13.7. The molecule has 0 radical (unpaired) electrons. The van der Waals surface area contributed by atoms with Gasteiger partial charge in [-0.25, -0.2) is 13.8 Å². The Balaban J connectivity index is 1.72. The maximum Gasteiger partial charge on any atom is 0.201 e. The van der Waals surface area contributed by atoms with Crippen molar-refractivity contribution in [3.8, 4) is 0 Å². The molecule has 1 saturated carbocycles. The molecule has 114 valence electrons. The van der Waals surface area contributed by atoms with E-state index in [-0.39, 0.29) is 11.5 Å². The van der Waals surface area contributed by atoms with Crippen LogP contribution in [0.25, 0.3) is 11.0 Å². The first-order valence-corrected chi connectivity index (χ1v) is 7.37. The lowest BCUT2D eigenvalue weighted by molar-refractivity contribution is 0.0246. The first-order chi connectivity index (χ1) is 10.1. The van der Waals surface area contributed by atoms with Crippen LogP contribution in [-0.2, 0) is 11.3 Å². The van der Waals surface area contributed by atoms with Gasteiger partial charge in [0.1, 0.15) is 11.3 Å². The first-order valence-electron chi connectivity index (χ1n) is 7.37. The van der Waals surface area contributed by atoms with Crippen LogP contribution in [0.5, 0.6) is 0 Å². The highest BCUT2D eigenvalue weighted by Crippen LogP contribution is 2.23. The van der Waals surface area contributed by atoms with Gasteiger partial charge in [-0.05, 0) is 12.8 Å². The second-order valence-corrected chi connectivity index (χ2v) is 5.51. The molecule has 0 aliphatic heterocycles. The van der Waals surface area contributed by atoms with E-state index < -0.39 is 11.6 Å². The van der Waals surface area contributed by atoms with Crippen molar-refractivity contribution in [1.29, 1.82) is 0 Å². The third kappa shape index (κ3) is 3.00. The average Bonchev–Trinajstić information content (AvgIpc) is 2.77. The Morgan fingerprint density at radius 1 is 1.24 bits per heavy atom. The molecular weight excluding hydrogens is 276 g/mol. The van der Waals surface area contributed by atoms with Crippen molar-refractivity contribution >= 4 is 17.0 Å². The third-order valence-electron chi connectivity index (χ3n) is 4.02. The van der Waals surface area contributed by atoms with Crippen LogP contribution < -0.4 is 5.73 Å². The number of halogens is 2. The molecule has 1 aliphatic rings. The highest BCUT2D eigenvalue weighted by molar-refractivity contribution is 5.79. The zero-order chi connectivity index (χ0) is 14.8. The highest BCUT2D eigenvalue weighted by atomic mass is 19.1. The zero-order valence-corrected chi connectivity index (χ0v) is 11.8. The predicted octanol–water partition coefficient (Wildman–Crippen LogP) is 3.25. The molecule has 4 nitrogen and oxygen atoms in total. The van der Waals surface area contributed by atoms with E-state index in [9.17, 15) is 8.78 Å². The van der Waals surface area contributed by atoms with Crippen molar-refractivity contribution in [2.24, 2.45) is 0 Å². The van der Waals surface area contributed by atoms with E-state index in [2.05, 4.69) is 4.98 Å². The standard InChI is InChI=1S/C15H19F2N3O/c16-10-8-12(17)14-13(9-10)20(15(18)19-14)6-7-21-11-4-2-1-3-5-11/h8-9,11H,1-7H2,(H2,18,19). The number of imidazole rings is 1. The lowest BCUT2D eigenvalue weighted by Crippen LogP contribution is -2.19. The van der Waals surface area contributed by atoms with E-state index in [1.165, 1.54) is 25.3 Å². The minimum atomic E-state index is -0.691. The molecule has 1 fully saturated rings. The number of hydrogen-bond acceptors (Lipinski definition) is 3. The smallest absolute Gasteiger partial charge is 0.201 e. The van der Waals surface area contributed by atoms with Crippen LogP contribution >= 0.6 is 0 Å². The summed E-state index contributed by atoms with van der Waals surface area (Å²) in [5.74, 6) is -1.14. The number of rotatable bonds is 4. The van der Waals surface area contributed by atoms with Gasteiger partial charge in [0, 0.05) is 18.7 Å². The lowest BCUT2D eigenvalue weighted by Gasteiger charge is -2.22. The molecule has 0 spiro atoms. The Bertz CT molecular complexity index is 635. The number of anilines is 1. The summed E-state index contributed by atoms with van der Waals surface area (Å²) in [5.41, 5.74) is 6.27. The van der Waals surface area contributed by atoms with Crippen molar-refractivity contribution in [2.45, 2.75) is 44.8 Å². The summed E-state index contributed by atoms with van der Waals surface area (Å²) in [6, 6.07) is 2.07. The summed E-state index contributed by atoms with van der Waals surface area (Å²) in [6.07, 6.45) is 6.15. The molecule has 1 aromatic carbocycles. The van der Waals surface area contributed by atoms with Crippen molar-refractivity contribution < 1.29 is 13.5 Å². The van der Waals surface area contributed by atoms with Gasteiger partial charge in [-0.1, -0.05) is 19.3 Å². The summed E-state index contributed by atoms with van der Waals surface area (Å²) in [6.45, 7) is 0.917. The number of hydrogen-bond donors (Lipinski definition) is 1. The third-order valence-corrected chi connectivity index (χ3v) is 4.02. The van der Waals surface area contributed by atoms with Gasteiger partial charge in [0.15, 0.2) is 5.82 Å². The molecule has 0 bridgehead atoms. The van der Waals surface area contributed by atoms with E-state index in [1.54, 1.807) is 4.57 Å². The molecule has 0 unspecified atom stereocenters. The lowest BCUT2D eigenvalue weighted by atomic mass is 9.98. The summed E-state index contributed by atoms with van der Waals surface area (Å²) in [7, 11) is 0. The fraction of sp³-hybridized carbons (Fsp3) is 0.533. The molecular formula is C15H19F2N3O. The van der Waals surface area contributed by atoms with Gasteiger partial charge < -0.3 is 15.0 Å². The molecule has 1 aromatic heterocycles. The van der Waals surface area contributed by atoms with Gasteiger partial charge in [-0.3, -0.25) is 0 Å². The minimum Gasteiger partial charge on any atom is -0.376 e. The van der Waals surface area contributed by atoms with E-state index in [0.29, 0.717) is 24.8 Å². The number of benzene rings is 1. The zero-order valence-electron chi connectivity index (χ0n) is 11.8. The molecule has 2 aromatic rings. The van der Waals surface area contributed by atoms with E-state index in [0.717, 1.165) is 18.9 Å². The SMILES string of the molecule is Nc1nc2c(F)cc(F)cc2n1CCOC1CCCCC1. The Kier molecular flexibility index (Phi) is 4.05. The largest absolute Gasteiger partial charge is 0.376 e. The molecule has 1 aliphatic carbocycles. The van der Waals surface area contributed by atoms with Gasteiger partial charge >= 0.3 is 0 Å². The Morgan fingerprint density at radius 2 is 2.00 bits per heavy atom. The number of nitrogens with zero attached hydrogens (tertiary/aromatic N) is 2. The highest BCUT2D eigenvalue weighted by Gasteiger charge is 2.16. The van der Waals surface area contributed by atoms with Crippen LogP contribution in [0.15, 0.2) is 12.1 Å². The van der Waals surface area contributed by atoms with Crippen LogP contribution in [0.2, 0.25) is 0 Å². The maximum absolute atomic E-state index is 13.7. The molecule has 3 rings (SSSR count). The van der Waals surface area contributed by atoms with Crippen LogP contribution in [-0.4, -0.2) is 22.3 Å². The molecule has 0 amide bonds. The second kappa shape index (κ2) is 5.97. The number of fused-ring (bicyclic) bond motifs is 1. The number of nitrogen functional groups attached to an aromatic ring is 1. The van der Waals surface area contributed by atoms with E-state index >= 15 is 0 Å². The monoisotopic (exact) mass is 295 g/mol. The van der Waals surface area contributed by atoms with Gasteiger partial charge in [0.05, 0.1) is 18.2 Å². The molecule has 1 heterocycles. The van der Waals surface area contributed by atoms with Crippen molar-refractivity contribution in [1.82, 2.24) is 9.55 Å². The molecule has 21 heavy (non-hydrogen) atoms.